The van der Waals surface area contributed by atoms with E-state index < -0.39 is 6.04 Å². The molecular formula is C19H30N4O2. The van der Waals surface area contributed by atoms with E-state index in [0.29, 0.717) is 32.0 Å². The normalized spacial score (nSPS) is 15.8. The van der Waals surface area contributed by atoms with E-state index in [9.17, 15) is 9.59 Å². The third-order valence-corrected chi connectivity index (χ3v) is 4.31. The first-order valence-corrected chi connectivity index (χ1v) is 9.05. The number of amides is 3. The molecule has 0 radical (unpaired) electrons. The van der Waals surface area contributed by atoms with E-state index in [0.717, 1.165) is 18.7 Å². The van der Waals surface area contributed by atoms with Gasteiger partial charge >= 0.3 is 6.03 Å². The van der Waals surface area contributed by atoms with E-state index in [4.69, 9.17) is 0 Å². The third-order valence-electron chi connectivity index (χ3n) is 4.31. The molecule has 1 atom stereocenters. The van der Waals surface area contributed by atoms with Gasteiger partial charge in [-0.05, 0) is 24.8 Å². The topological polar surface area (TPSA) is 73.5 Å². The number of nitrogens with zero attached hydrogens (tertiary/aromatic N) is 1. The first-order valence-electron chi connectivity index (χ1n) is 9.05. The molecule has 1 saturated heterocycles. The smallest absolute Gasteiger partial charge is 0.315 e. The number of hydrogen-bond donors (Lipinski definition) is 3. The molecular weight excluding hydrogens is 316 g/mol. The van der Waals surface area contributed by atoms with Gasteiger partial charge in [-0.25, -0.2) is 4.79 Å². The molecule has 1 aromatic rings. The maximum atomic E-state index is 12.7. The lowest BCUT2D eigenvalue weighted by Crippen LogP contribution is -2.55. The lowest BCUT2D eigenvalue weighted by atomic mass is 10.0. The summed E-state index contributed by atoms with van der Waals surface area (Å²) in [6.45, 7) is 9.60. The highest BCUT2D eigenvalue weighted by Crippen LogP contribution is 2.09. The molecule has 0 bridgehead atoms. The van der Waals surface area contributed by atoms with Crippen LogP contribution in [0.3, 0.4) is 0 Å². The average molecular weight is 346 g/mol. The zero-order valence-electron chi connectivity index (χ0n) is 15.5. The lowest BCUT2D eigenvalue weighted by Gasteiger charge is -2.31. The number of rotatable bonds is 6. The predicted octanol–water partition coefficient (Wildman–Crippen LogP) is 1.64. The Labute approximate surface area is 150 Å². The van der Waals surface area contributed by atoms with Gasteiger partial charge in [0.05, 0.1) is 0 Å². The molecule has 2 rings (SSSR count). The second kappa shape index (κ2) is 9.42. The molecule has 0 aliphatic carbocycles. The quantitative estimate of drug-likeness (QED) is 0.733. The average Bonchev–Trinajstić information content (AvgIpc) is 2.60. The van der Waals surface area contributed by atoms with Gasteiger partial charge in [0.25, 0.3) is 0 Å². The highest BCUT2D eigenvalue weighted by molar-refractivity contribution is 5.87. The molecule has 0 aromatic heterocycles. The molecule has 1 heterocycles. The van der Waals surface area contributed by atoms with Gasteiger partial charge in [-0.3, -0.25) is 4.79 Å². The van der Waals surface area contributed by atoms with Gasteiger partial charge in [0, 0.05) is 32.7 Å². The summed E-state index contributed by atoms with van der Waals surface area (Å²) < 4.78 is 0. The SMILES string of the molecule is Cc1ccc(CNC(=O)NC(CC(C)C)C(=O)N2CCNCC2)cc1. The summed E-state index contributed by atoms with van der Waals surface area (Å²) >= 11 is 0. The third kappa shape index (κ3) is 6.38. The van der Waals surface area contributed by atoms with Crippen LogP contribution in [0.5, 0.6) is 0 Å². The summed E-state index contributed by atoms with van der Waals surface area (Å²) in [7, 11) is 0. The first-order chi connectivity index (χ1) is 12.0. The summed E-state index contributed by atoms with van der Waals surface area (Å²) in [6, 6.07) is 7.25. The van der Waals surface area contributed by atoms with E-state index in [1.807, 2.05) is 36.1 Å². The Bertz CT molecular complexity index is 565. The van der Waals surface area contributed by atoms with Crippen LogP contribution in [0, 0.1) is 12.8 Å². The molecule has 0 saturated carbocycles. The largest absolute Gasteiger partial charge is 0.338 e. The van der Waals surface area contributed by atoms with Crippen molar-refractivity contribution in [2.75, 3.05) is 26.2 Å². The second-order valence-electron chi connectivity index (χ2n) is 7.07. The Kier molecular flexibility index (Phi) is 7.25. The van der Waals surface area contributed by atoms with Crippen LogP contribution < -0.4 is 16.0 Å². The van der Waals surface area contributed by atoms with Crippen molar-refractivity contribution in [2.45, 2.75) is 39.8 Å². The van der Waals surface area contributed by atoms with E-state index in [1.54, 1.807) is 0 Å². The fourth-order valence-corrected chi connectivity index (χ4v) is 2.90. The zero-order chi connectivity index (χ0) is 18.2. The maximum Gasteiger partial charge on any atom is 0.315 e. The van der Waals surface area contributed by atoms with Crippen molar-refractivity contribution in [1.29, 1.82) is 0 Å². The van der Waals surface area contributed by atoms with E-state index in [2.05, 4.69) is 29.8 Å². The molecule has 1 aromatic carbocycles. The van der Waals surface area contributed by atoms with Crippen molar-refractivity contribution in [3.63, 3.8) is 0 Å². The van der Waals surface area contributed by atoms with Gasteiger partial charge in [-0.1, -0.05) is 43.7 Å². The summed E-state index contributed by atoms with van der Waals surface area (Å²) in [6.07, 6.45) is 0.640. The molecule has 3 amide bonds. The molecule has 0 spiro atoms. The fraction of sp³-hybridized carbons (Fsp3) is 0.579. The Hall–Kier alpha value is -2.08. The first kappa shape index (κ1) is 19.2. The van der Waals surface area contributed by atoms with Gasteiger partial charge in [0.15, 0.2) is 0 Å². The molecule has 6 heteroatoms. The highest BCUT2D eigenvalue weighted by atomic mass is 16.2. The minimum absolute atomic E-state index is 0.0145. The second-order valence-corrected chi connectivity index (χ2v) is 7.07. The minimum atomic E-state index is -0.476. The molecule has 1 aliphatic heterocycles. The van der Waals surface area contributed by atoms with E-state index in [-0.39, 0.29) is 11.9 Å². The van der Waals surface area contributed by atoms with Crippen molar-refractivity contribution >= 4 is 11.9 Å². The number of carbonyl (C=O) groups excluding carboxylic acids is 2. The van der Waals surface area contributed by atoms with Crippen LogP contribution in [0.4, 0.5) is 4.79 Å². The Morgan fingerprint density at radius 3 is 2.40 bits per heavy atom. The zero-order valence-corrected chi connectivity index (χ0v) is 15.5. The summed E-state index contributed by atoms with van der Waals surface area (Å²) in [5.41, 5.74) is 2.22. The van der Waals surface area contributed by atoms with Crippen molar-refractivity contribution in [2.24, 2.45) is 5.92 Å². The summed E-state index contributed by atoms with van der Waals surface area (Å²) in [5.74, 6) is 0.343. The fourth-order valence-electron chi connectivity index (χ4n) is 2.90. The van der Waals surface area contributed by atoms with E-state index >= 15 is 0 Å². The standard InChI is InChI=1S/C19H30N4O2/c1-14(2)12-17(18(24)23-10-8-20-9-11-23)22-19(25)21-13-16-6-4-15(3)5-7-16/h4-7,14,17,20H,8-13H2,1-3H3,(H2,21,22,25). The number of hydrogen-bond acceptors (Lipinski definition) is 3. The number of benzene rings is 1. The van der Waals surface area contributed by atoms with Crippen molar-refractivity contribution in [1.82, 2.24) is 20.9 Å². The molecule has 1 unspecified atom stereocenters. The highest BCUT2D eigenvalue weighted by Gasteiger charge is 2.27. The van der Waals surface area contributed by atoms with Crippen LogP contribution in [0.15, 0.2) is 24.3 Å². The molecule has 138 valence electrons. The van der Waals surface area contributed by atoms with Gasteiger partial charge in [-0.15, -0.1) is 0 Å². The molecule has 6 nitrogen and oxygen atoms in total. The van der Waals surface area contributed by atoms with Crippen molar-refractivity contribution in [3.05, 3.63) is 35.4 Å². The van der Waals surface area contributed by atoms with Gasteiger partial charge in [-0.2, -0.15) is 0 Å². The number of piperazine rings is 1. The Balaban J connectivity index is 1.89. The Morgan fingerprint density at radius 2 is 1.80 bits per heavy atom. The molecule has 1 fully saturated rings. The van der Waals surface area contributed by atoms with Gasteiger partial charge in [0.1, 0.15) is 6.04 Å². The minimum Gasteiger partial charge on any atom is -0.338 e. The van der Waals surface area contributed by atoms with Crippen LogP contribution >= 0.6 is 0 Å². The summed E-state index contributed by atoms with van der Waals surface area (Å²) in [5, 5.41) is 8.95. The van der Waals surface area contributed by atoms with Crippen molar-refractivity contribution < 1.29 is 9.59 Å². The Morgan fingerprint density at radius 1 is 1.16 bits per heavy atom. The number of aryl methyl sites for hydroxylation is 1. The van der Waals surface area contributed by atoms with E-state index in [1.165, 1.54) is 5.56 Å². The number of urea groups is 1. The molecule has 1 aliphatic rings. The van der Waals surface area contributed by atoms with Crippen LogP contribution in [-0.4, -0.2) is 49.1 Å². The summed E-state index contributed by atoms with van der Waals surface area (Å²) in [4.78, 5) is 26.8. The predicted molar refractivity (Wildman–Crippen MR) is 99.2 cm³/mol. The monoisotopic (exact) mass is 346 g/mol. The van der Waals surface area contributed by atoms with Gasteiger partial charge in [0.2, 0.25) is 5.91 Å². The molecule has 3 N–H and O–H groups in total. The van der Waals surface area contributed by atoms with Crippen LogP contribution in [0.2, 0.25) is 0 Å². The van der Waals surface area contributed by atoms with Crippen LogP contribution in [0.1, 0.15) is 31.4 Å². The maximum absolute atomic E-state index is 12.7. The number of nitrogens with one attached hydrogen (secondary N) is 3. The lowest BCUT2D eigenvalue weighted by molar-refractivity contribution is -0.134. The number of carbonyl (C=O) groups is 2. The molecule has 25 heavy (non-hydrogen) atoms. The van der Waals surface area contributed by atoms with Gasteiger partial charge < -0.3 is 20.9 Å². The van der Waals surface area contributed by atoms with Crippen LogP contribution in [-0.2, 0) is 11.3 Å². The van der Waals surface area contributed by atoms with Crippen LogP contribution in [0.25, 0.3) is 0 Å². The van der Waals surface area contributed by atoms with Crippen molar-refractivity contribution in [3.8, 4) is 0 Å².